The van der Waals surface area contributed by atoms with Gasteiger partial charge in [0.05, 0.1) is 18.6 Å². The van der Waals surface area contributed by atoms with Gasteiger partial charge in [0.1, 0.15) is 16.7 Å². The first-order valence-corrected chi connectivity index (χ1v) is 7.99. The van der Waals surface area contributed by atoms with Crippen LogP contribution in [0.15, 0.2) is 11.4 Å². The maximum Gasteiger partial charge on any atom is 0.245 e. The van der Waals surface area contributed by atoms with Gasteiger partial charge in [-0.2, -0.15) is 4.98 Å². The van der Waals surface area contributed by atoms with Crippen molar-refractivity contribution in [1.29, 1.82) is 0 Å². The summed E-state index contributed by atoms with van der Waals surface area (Å²) in [7, 11) is 0. The number of carbonyl (C=O) groups is 1. The molecule has 0 saturated carbocycles. The van der Waals surface area contributed by atoms with E-state index in [4.69, 9.17) is 16.3 Å². The van der Waals surface area contributed by atoms with Crippen molar-refractivity contribution in [3.8, 4) is 0 Å². The predicted octanol–water partition coefficient (Wildman–Crippen LogP) is 1.69. The zero-order chi connectivity index (χ0) is 14.8. The fourth-order valence-electron chi connectivity index (χ4n) is 2.40. The van der Waals surface area contributed by atoms with Crippen molar-refractivity contribution < 1.29 is 9.53 Å². The molecule has 1 amide bonds. The molecule has 3 rings (SSSR count). The van der Waals surface area contributed by atoms with Crippen molar-refractivity contribution in [3.05, 3.63) is 16.7 Å². The van der Waals surface area contributed by atoms with Gasteiger partial charge in [-0.15, -0.1) is 11.3 Å². The maximum absolute atomic E-state index is 12.2. The van der Waals surface area contributed by atoms with Crippen molar-refractivity contribution in [3.63, 3.8) is 0 Å². The van der Waals surface area contributed by atoms with Gasteiger partial charge in [0, 0.05) is 13.1 Å². The fourth-order valence-corrected chi connectivity index (χ4v) is 3.37. The van der Waals surface area contributed by atoms with Crippen LogP contribution >= 0.6 is 22.9 Å². The molecule has 1 aliphatic rings. The average molecular weight is 327 g/mol. The fraction of sp³-hybridized carbons (Fsp3) is 0.462. The minimum absolute atomic E-state index is 0.0599. The van der Waals surface area contributed by atoms with Gasteiger partial charge in [0.2, 0.25) is 11.2 Å². The quantitative estimate of drug-likeness (QED) is 0.869. The zero-order valence-electron chi connectivity index (χ0n) is 11.5. The molecule has 2 aromatic heterocycles. The Morgan fingerprint density at radius 3 is 3.29 bits per heavy atom. The monoisotopic (exact) mass is 326 g/mol. The largest absolute Gasteiger partial charge is 0.377 e. The molecule has 1 unspecified atom stereocenters. The van der Waals surface area contributed by atoms with Crippen molar-refractivity contribution in [2.24, 2.45) is 0 Å². The third-order valence-electron chi connectivity index (χ3n) is 3.33. The van der Waals surface area contributed by atoms with Crippen LogP contribution in [0.3, 0.4) is 0 Å². The predicted molar refractivity (Wildman–Crippen MR) is 83.1 cm³/mol. The zero-order valence-corrected chi connectivity index (χ0v) is 13.1. The number of aromatic nitrogens is 2. The number of fused-ring (bicyclic) bond motifs is 1. The maximum atomic E-state index is 12.2. The molecule has 8 heteroatoms. The number of hydrogen-bond acceptors (Lipinski definition) is 6. The SMILES string of the molecule is CCNC(=O)C1COCCN1c1nc(Cl)nc2sccc12. The second kappa shape index (κ2) is 6.13. The average Bonchev–Trinajstić information content (AvgIpc) is 2.94. The Kier molecular flexibility index (Phi) is 4.23. The number of amides is 1. The Balaban J connectivity index is 2.02. The number of anilines is 1. The van der Waals surface area contributed by atoms with Crippen molar-refractivity contribution >= 4 is 44.9 Å². The van der Waals surface area contributed by atoms with Crippen LogP contribution in [-0.2, 0) is 9.53 Å². The lowest BCUT2D eigenvalue weighted by atomic mass is 10.2. The highest BCUT2D eigenvalue weighted by Gasteiger charge is 2.31. The lowest BCUT2D eigenvalue weighted by Gasteiger charge is -2.35. The van der Waals surface area contributed by atoms with Crippen LogP contribution in [0.25, 0.3) is 10.2 Å². The van der Waals surface area contributed by atoms with Gasteiger partial charge in [-0.05, 0) is 30.0 Å². The van der Waals surface area contributed by atoms with Gasteiger partial charge in [0.25, 0.3) is 0 Å². The second-order valence-electron chi connectivity index (χ2n) is 4.63. The van der Waals surface area contributed by atoms with Crippen LogP contribution < -0.4 is 10.2 Å². The number of nitrogens with one attached hydrogen (secondary N) is 1. The Labute approximate surface area is 131 Å². The molecule has 1 N–H and O–H groups in total. The van der Waals surface area contributed by atoms with E-state index in [-0.39, 0.29) is 11.2 Å². The summed E-state index contributed by atoms with van der Waals surface area (Å²) in [4.78, 5) is 23.6. The number of carbonyl (C=O) groups excluding carboxylic acids is 1. The second-order valence-corrected chi connectivity index (χ2v) is 5.87. The highest BCUT2D eigenvalue weighted by atomic mass is 35.5. The Bertz CT molecular complexity index is 663. The number of halogens is 1. The first-order chi connectivity index (χ1) is 10.2. The van der Waals surface area contributed by atoms with E-state index in [1.165, 1.54) is 11.3 Å². The van der Waals surface area contributed by atoms with Crippen molar-refractivity contribution in [1.82, 2.24) is 15.3 Å². The van der Waals surface area contributed by atoms with Crippen LogP contribution in [0.1, 0.15) is 6.92 Å². The van der Waals surface area contributed by atoms with Crippen LogP contribution in [0, 0.1) is 0 Å². The third-order valence-corrected chi connectivity index (χ3v) is 4.31. The van der Waals surface area contributed by atoms with E-state index >= 15 is 0 Å². The first kappa shape index (κ1) is 14.5. The molecule has 112 valence electrons. The lowest BCUT2D eigenvalue weighted by molar-refractivity contribution is -0.124. The van der Waals surface area contributed by atoms with E-state index in [2.05, 4.69) is 15.3 Å². The Morgan fingerprint density at radius 2 is 2.48 bits per heavy atom. The smallest absolute Gasteiger partial charge is 0.245 e. The summed E-state index contributed by atoms with van der Waals surface area (Å²) in [5, 5.41) is 5.89. The highest BCUT2D eigenvalue weighted by molar-refractivity contribution is 7.16. The third kappa shape index (κ3) is 2.81. The first-order valence-electron chi connectivity index (χ1n) is 6.73. The van der Waals surface area contributed by atoms with Gasteiger partial charge < -0.3 is 15.0 Å². The summed E-state index contributed by atoms with van der Waals surface area (Å²) in [5.41, 5.74) is 0. The van der Waals surface area contributed by atoms with Gasteiger partial charge in [-0.3, -0.25) is 4.79 Å². The van der Waals surface area contributed by atoms with Gasteiger partial charge in [-0.25, -0.2) is 4.98 Å². The summed E-state index contributed by atoms with van der Waals surface area (Å²) in [6.45, 7) is 3.98. The van der Waals surface area contributed by atoms with E-state index in [9.17, 15) is 4.79 Å². The minimum atomic E-state index is -0.396. The summed E-state index contributed by atoms with van der Waals surface area (Å²) in [6.07, 6.45) is 0. The number of likely N-dealkylation sites (N-methyl/N-ethyl adjacent to an activating group) is 1. The molecule has 1 atom stereocenters. The summed E-state index contributed by atoms with van der Waals surface area (Å²) in [5.74, 6) is 0.640. The molecular formula is C13H15ClN4O2S. The van der Waals surface area contributed by atoms with Crippen LogP contribution in [0.4, 0.5) is 5.82 Å². The molecule has 0 aromatic carbocycles. The lowest BCUT2D eigenvalue weighted by Crippen LogP contribution is -2.54. The topological polar surface area (TPSA) is 67.3 Å². The number of rotatable bonds is 3. The number of morpholine rings is 1. The molecule has 0 bridgehead atoms. The van der Waals surface area contributed by atoms with E-state index in [0.29, 0.717) is 32.1 Å². The molecule has 1 fully saturated rings. The highest BCUT2D eigenvalue weighted by Crippen LogP contribution is 2.30. The molecule has 21 heavy (non-hydrogen) atoms. The van der Waals surface area contributed by atoms with Crippen molar-refractivity contribution in [2.45, 2.75) is 13.0 Å². The molecule has 6 nitrogen and oxygen atoms in total. The van der Waals surface area contributed by atoms with Gasteiger partial charge >= 0.3 is 0 Å². The molecule has 1 aliphatic heterocycles. The number of nitrogens with zero attached hydrogens (tertiary/aromatic N) is 3. The van der Waals surface area contributed by atoms with Crippen molar-refractivity contribution in [2.75, 3.05) is 31.2 Å². The Hall–Kier alpha value is -1.44. The molecule has 0 aliphatic carbocycles. The van der Waals surface area contributed by atoms with Gasteiger partial charge in [-0.1, -0.05) is 0 Å². The van der Waals surface area contributed by atoms with Crippen LogP contribution in [-0.4, -0.2) is 48.2 Å². The number of hydrogen-bond donors (Lipinski definition) is 1. The molecule has 0 radical (unpaired) electrons. The Morgan fingerprint density at radius 1 is 1.62 bits per heavy atom. The molecule has 0 spiro atoms. The van der Waals surface area contributed by atoms with E-state index in [0.717, 1.165) is 10.2 Å². The molecular weight excluding hydrogens is 312 g/mol. The molecule has 2 aromatic rings. The summed E-state index contributed by atoms with van der Waals surface area (Å²) >= 11 is 7.52. The molecule has 1 saturated heterocycles. The van der Waals surface area contributed by atoms with E-state index < -0.39 is 6.04 Å². The summed E-state index contributed by atoms with van der Waals surface area (Å²) < 4.78 is 5.45. The normalized spacial score (nSPS) is 19.0. The van der Waals surface area contributed by atoms with Crippen LogP contribution in [0.2, 0.25) is 5.28 Å². The standard InChI is InChI=1S/C13H15ClN4O2S/c1-2-15-11(19)9-7-20-5-4-18(9)10-8-3-6-21-12(8)17-13(14)16-10/h3,6,9H,2,4-5,7H2,1H3,(H,15,19). The minimum Gasteiger partial charge on any atom is -0.377 e. The van der Waals surface area contributed by atoms with Crippen LogP contribution in [0.5, 0.6) is 0 Å². The molecule has 3 heterocycles. The van der Waals surface area contributed by atoms with E-state index in [1.807, 2.05) is 23.3 Å². The summed E-state index contributed by atoms with van der Waals surface area (Å²) in [6, 6.07) is 1.56. The number of thiophene rings is 1. The van der Waals surface area contributed by atoms with Gasteiger partial charge in [0.15, 0.2) is 0 Å². The number of ether oxygens (including phenoxy) is 1. The van der Waals surface area contributed by atoms with E-state index in [1.54, 1.807) is 0 Å².